The molecule has 1 aromatic carbocycles. The van der Waals surface area contributed by atoms with Gasteiger partial charge in [0, 0.05) is 11.4 Å². The van der Waals surface area contributed by atoms with Crippen molar-refractivity contribution in [3.05, 3.63) is 46.6 Å². The number of nitrogens with one attached hydrogen (secondary N) is 2. The lowest BCUT2D eigenvalue weighted by atomic mass is 10.1. The van der Waals surface area contributed by atoms with Gasteiger partial charge < -0.3 is 15.4 Å². The van der Waals surface area contributed by atoms with Crippen LogP contribution < -0.4 is 10.6 Å². The Balaban J connectivity index is 1.93. The average Bonchev–Trinajstić information content (AvgIpc) is 2.94. The highest BCUT2D eigenvalue weighted by Gasteiger charge is 2.15. The highest BCUT2D eigenvalue weighted by molar-refractivity contribution is 7.17. The van der Waals surface area contributed by atoms with Crippen molar-refractivity contribution in [2.45, 2.75) is 13.8 Å². The summed E-state index contributed by atoms with van der Waals surface area (Å²) in [5.41, 5.74) is 1.79. The largest absolute Gasteiger partial charge is 0.460 e. The third-order valence-corrected chi connectivity index (χ3v) is 4.45. The Labute approximate surface area is 143 Å². The number of aryl methyl sites for hydroxylation is 1. The Hall–Kier alpha value is -2.41. The van der Waals surface area contributed by atoms with E-state index in [1.807, 2.05) is 13.8 Å². The van der Waals surface area contributed by atoms with Gasteiger partial charge in [0.05, 0.1) is 6.54 Å². The number of halogens is 1. The number of ether oxygens (including phenoxy) is 1. The topological polar surface area (TPSA) is 67.4 Å². The quantitative estimate of drug-likeness (QED) is 0.620. The third-order valence-electron chi connectivity index (χ3n) is 3.18. The fourth-order valence-electron chi connectivity index (χ4n) is 2.07. The highest BCUT2D eigenvalue weighted by atomic mass is 32.1. The fourth-order valence-corrected chi connectivity index (χ4v) is 3.14. The first-order chi connectivity index (χ1) is 11.5. The van der Waals surface area contributed by atoms with E-state index in [9.17, 15) is 14.0 Å². The zero-order chi connectivity index (χ0) is 17.5. The molecule has 128 valence electrons. The lowest BCUT2D eigenvalue weighted by Crippen LogP contribution is -2.37. The van der Waals surface area contributed by atoms with E-state index < -0.39 is 5.97 Å². The van der Waals surface area contributed by atoms with Crippen molar-refractivity contribution in [3.8, 4) is 10.4 Å². The third kappa shape index (κ3) is 4.79. The summed E-state index contributed by atoms with van der Waals surface area (Å²) < 4.78 is 18.2. The Morgan fingerprint density at radius 3 is 2.58 bits per heavy atom. The number of hydrogen-bond donors (Lipinski definition) is 2. The Morgan fingerprint density at radius 1 is 1.21 bits per heavy atom. The van der Waals surface area contributed by atoms with Crippen LogP contribution in [0.2, 0.25) is 0 Å². The lowest BCUT2D eigenvalue weighted by molar-refractivity contribution is 0.0516. The molecule has 0 saturated heterocycles. The van der Waals surface area contributed by atoms with Gasteiger partial charge in [-0.2, -0.15) is 0 Å². The minimum atomic E-state index is -0.436. The highest BCUT2D eigenvalue weighted by Crippen LogP contribution is 2.32. The molecule has 1 heterocycles. The smallest absolute Gasteiger partial charge is 0.348 e. The van der Waals surface area contributed by atoms with Crippen molar-refractivity contribution in [3.63, 3.8) is 0 Å². The lowest BCUT2D eigenvalue weighted by Gasteiger charge is -2.06. The van der Waals surface area contributed by atoms with Crippen LogP contribution in [0.15, 0.2) is 30.3 Å². The number of hydrogen-bond acceptors (Lipinski definition) is 4. The van der Waals surface area contributed by atoms with Crippen molar-refractivity contribution in [2.24, 2.45) is 0 Å². The molecule has 0 saturated carbocycles. The van der Waals surface area contributed by atoms with Gasteiger partial charge in [-0.15, -0.1) is 11.3 Å². The summed E-state index contributed by atoms with van der Waals surface area (Å²) in [7, 11) is 0. The number of thiophene rings is 1. The van der Waals surface area contributed by atoms with Crippen molar-refractivity contribution in [1.29, 1.82) is 0 Å². The average molecular weight is 350 g/mol. The maximum absolute atomic E-state index is 13.0. The second-order valence-corrected chi connectivity index (χ2v) is 6.10. The molecule has 5 nitrogen and oxygen atoms in total. The number of benzene rings is 1. The maximum Gasteiger partial charge on any atom is 0.348 e. The molecule has 2 aromatic rings. The molecule has 7 heteroatoms. The molecule has 2 rings (SSSR count). The molecule has 0 aliphatic carbocycles. The first kappa shape index (κ1) is 17.9. The van der Waals surface area contributed by atoms with E-state index in [1.54, 1.807) is 18.2 Å². The van der Waals surface area contributed by atoms with Gasteiger partial charge in [0.25, 0.3) is 0 Å². The van der Waals surface area contributed by atoms with Crippen LogP contribution in [-0.2, 0) is 4.74 Å². The molecule has 0 unspecified atom stereocenters. The van der Waals surface area contributed by atoms with E-state index >= 15 is 0 Å². The Morgan fingerprint density at radius 2 is 1.92 bits per heavy atom. The molecule has 0 aliphatic rings. The SMILES string of the molecule is CCNC(=O)NCCOC(=O)c1cc(C)c(-c2ccc(F)cc2)s1. The molecule has 2 amide bonds. The first-order valence-corrected chi connectivity index (χ1v) is 8.38. The Bertz CT molecular complexity index is 713. The van der Waals surface area contributed by atoms with Gasteiger partial charge in [-0.3, -0.25) is 0 Å². The molecule has 2 N–H and O–H groups in total. The minimum absolute atomic E-state index is 0.0960. The summed E-state index contributed by atoms with van der Waals surface area (Å²) in [6.07, 6.45) is 0. The van der Waals surface area contributed by atoms with Gasteiger partial charge in [0.2, 0.25) is 0 Å². The molecule has 0 atom stereocenters. The van der Waals surface area contributed by atoms with Gasteiger partial charge >= 0.3 is 12.0 Å². The van der Waals surface area contributed by atoms with E-state index in [0.717, 1.165) is 16.0 Å². The summed E-state index contributed by atoms with van der Waals surface area (Å²) in [5.74, 6) is -0.735. The van der Waals surface area contributed by atoms with Gasteiger partial charge in [-0.05, 0) is 43.2 Å². The van der Waals surface area contributed by atoms with Crippen molar-refractivity contribution >= 4 is 23.3 Å². The van der Waals surface area contributed by atoms with Gasteiger partial charge in [0.15, 0.2) is 0 Å². The number of esters is 1. The molecule has 0 aliphatic heterocycles. The molecule has 24 heavy (non-hydrogen) atoms. The maximum atomic E-state index is 13.0. The molecule has 0 fully saturated rings. The van der Waals surface area contributed by atoms with E-state index in [-0.39, 0.29) is 25.0 Å². The normalized spacial score (nSPS) is 10.3. The van der Waals surface area contributed by atoms with E-state index in [0.29, 0.717) is 11.4 Å². The summed E-state index contributed by atoms with van der Waals surface area (Å²) in [6, 6.07) is 7.60. The molecule has 0 bridgehead atoms. The number of amides is 2. The van der Waals surface area contributed by atoms with E-state index in [2.05, 4.69) is 10.6 Å². The summed E-state index contributed by atoms with van der Waals surface area (Å²) >= 11 is 1.30. The molecule has 0 spiro atoms. The summed E-state index contributed by atoms with van der Waals surface area (Å²) in [6.45, 7) is 4.58. The standard InChI is InChI=1S/C17H19FN2O3S/c1-3-19-17(22)20-8-9-23-16(21)14-10-11(2)15(24-14)12-4-6-13(18)7-5-12/h4-7,10H,3,8-9H2,1-2H3,(H2,19,20,22). The summed E-state index contributed by atoms with van der Waals surface area (Å²) in [4.78, 5) is 24.6. The zero-order valence-electron chi connectivity index (χ0n) is 13.5. The van der Waals surface area contributed by atoms with Gasteiger partial charge in [-0.1, -0.05) is 12.1 Å². The molecular formula is C17H19FN2O3S. The van der Waals surface area contributed by atoms with Crippen LogP contribution in [0.5, 0.6) is 0 Å². The number of urea groups is 1. The van der Waals surface area contributed by atoms with Crippen LogP contribution in [0.25, 0.3) is 10.4 Å². The van der Waals surface area contributed by atoms with Gasteiger partial charge in [0.1, 0.15) is 17.3 Å². The number of rotatable bonds is 6. The van der Waals surface area contributed by atoms with Crippen LogP contribution in [-0.4, -0.2) is 31.7 Å². The molecular weight excluding hydrogens is 331 g/mol. The van der Waals surface area contributed by atoms with Crippen molar-refractivity contribution in [2.75, 3.05) is 19.7 Å². The minimum Gasteiger partial charge on any atom is -0.460 e. The first-order valence-electron chi connectivity index (χ1n) is 7.56. The monoisotopic (exact) mass is 350 g/mol. The van der Waals surface area contributed by atoms with Crippen LogP contribution in [0.3, 0.4) is 0 Å². The van der Waals surface area contributed by atoms with Crippen LogP contribution in [0.1, 0.15) is 22.2 Å². The predicted octanol–water partition coefficient (Wildman–Crippen LogP) is 3.34. The van der Waals surface area contributed by atoms with E-state index in [4.69, 9.17) is 4.74 Å². The van der Waals surface area contributed by atoms with Crippen LogP contribution in [0.4, 0.5) is 9.18 Å². The van der Waals surface area contributed by atoms with Crippen molar-refractivity contribution < 1.29 is 18.7 Å². The van der Waals surface area contributed by atoms with E-state index in [1.165, 1.54) is 23.5 Å². The predicted molar refractivity (Wildman–Crippen MR) is 91.8 cm³/mol. The molecule has 0 radical (unpaired) electrons. The van der Waals surface area contributed by atoms with Crippen LogP contribution in [0, 0.1) is 12.7 Å². The summed E-state index contributed by atoms with van der Waals surface area (Å²) in [5, 5.41) is 5.16. The van der Waals surface area contributed by atoms with Gasteiger partial charge in [-0.25, -0.2) is 14.0 Å². The second-order valence-electron chi connectivity index (χ2n) is 5.05. The van der Waals surface area contributed by atoms with Crippen molar-refractivity contribution in [1.82, 2.24) is 10.6 Å². The van der Waals surface area contributed by atoms with Crippen LogP contribution >= 0.6 is 11.3 Å². The zero-order valence-corrected chi connectivity index (χ0v) is 14.3. The second kappa shape index (κ2) is 8.44. The number of carbonyl (C=O) groups excluding carboxylic acids is 2. The Kier molecular flexibility index (Phi) is 6.31. The fraction of sp³-hybridized carbons (Fsp3) is 0.294. The number of carbonyl (C=O) groups is 2. The molecule has 1 aromatic heterocycles.